The largest absolute Gasteiger partial charge is 0.338 e. The number of rotatable bonds is 6. The van der Waals surface area contributed by atoms with Crippen molar-refractivity contribution in [2.45, 2.75) is 43.0 Å². The molecule has 0 unspecified atom stereocenters. The molecule has 0 saturated heterocycles. The van der Waals surface area contributed by atoms with Crippen LogP contribution in [0, 0.1) is 0 Å². The molecule has 132 valence electrons. The molecule has 0 bridgehead atoms. The third-order valence-corrected chi connectivity index (χ3v) is 4.88. The number of nitrogens with zero attached hydrogens (tertiary/aromatic N) is 3. The normalized spacial score (nSPS) is 14.8. The van der Waals surface area contributed by atoms with E-state index in [1.165, 1.54) is 11.8 Å². The van der Waals surface area contributed by atoms with Crippen LogP contribution in [0.4, 0.5) is 4.79 Å². The molecule has 1 atom stereocenters. The second kappa shape index (κ2) is 7.69. The van der Waals surface area contributed by atoms with Gasteiger partial charge in [0.15, 0.2) is 5.16 Å². The number of para-hydroxylation sites is 1. The van der Waals surface area contributed by atoms with E-state index in [0.29, 0.717) is 17.6 Å². The molecule has 8 heteroatoms. The third-order valence-electron chi connectivity index (χ3n) is 3.84. The first-order valence-corrected chi connectivity index (χ1v) is 9.24. The predicted molar refractivity (Wildman–Crippen MR) is 95.9 cm³/mol. The summed E-state index contributed by atoms with van der Waals surface area (Å²) in [7, 11) is 0. The van der Waals surface area contributed by atoms with Crippen molar-refractivity contribution in [1.82, 2.24) is 25.4 Å². The molecule has 7 nitrogen and oxygen atoms in total. The molecular formula is C17H21N5O2S. The minimum Gasteiger partial charge on any atom is -0.338 e. The molecule has 1 aromatic carbocycles. The van der Waals surface area contributed by atoms with Crippen LogP contribution in [0.25, 0.3) is 5.69 Å². The Balaban J connectivity index is 1.78. The number of urea groups is 1. The Kier molecular flexibility index (Phi) is 5.37. The summed E-state index contributed by atoms with van der Waals surface area (Å²) in [5.74, 6) is 1.01. The van der Waals surface area contributed by atoms with Gasteiger partial charge >= 0.3 is 6.03 Å². The van der Waals surface area contributed by atoms with Crippen LogP contribution in [-0.2, 0) is 4.79 Å². The maximum absolute atomic E-state index is 12.2. The van der Waals surface area contributed by atoms with Crippen molar-refractivity contribution >= 4 is 23.7 Å². The number of aromatic nitrogens is 3. The molecule has 1 aliphatic carbocycles. The minimum absolute atomic E-state index is 0.355. The van der Waals surface area contributed by atoms with Gasteiger partial charge in [-0.3, -0.25) is 14.7 Å². The van der Waals surface area contributed by atoms with E-state index in [2.05, 4.69) is 20.8 Å². The Morgan fingerprint density at radius 2 is 2.00 bits per heavy atom. The summed E-state index contributed by atoms with van der Waals surface area (Å²) in [6.07, 6.45) is 2.23. The summed E-state index contributed by atoms with van der Waals surface area (Å²) in [5, 5.41) is 13.7. The van der Waals surface area contributed by atoms with Gasteiger partial charge in [0, 0.05) is 18.2 Å². The highest BCUT2D eigenvalue weighted by Crippen LogP contribution is 2.41. The molecule has 1 heterocycles. The molecule has 1 fully saturated rings. The van der Waals surface area contributed by atoms with E-state index in [0.717, 1.165) is 24.4 Å². The fourth-order valence-electron chi connectivity index (χ4n) is 2.41. The molecule has 1 aliphatic rings. The highest BCUT2D eigenvalue weighted by atomic mass is 32.2. The lowest BCUT2D eigenvalue weighted by Gasteiger charge is -2.13. The average Bonchev–Trinajstić information content (AvgIpc) is 3.36. The topological polar surface area (TPSA) is 88.9 Å². The quantitative estimate of drug-likeness (QED) is 0.774. The maximum atomic E-state index is 12.2. The Hall–Kier alpha value is -2.35. The van der Waals surface area contributed by atoms with Gasteiger partial charge < -0.3 is 5.32 Å². The number of thioether (sulfide) groups is 1. The minimum atomic E-state index is -0.483. The van der Waals surface area contributed by atoms with Crippen LogP contribution in [0.15, 0.2) is 35.5 Å². The van der Waals surface area contributed by atoms with Gasteiger partial charge in [0.2, 0.25) is 5.91 Å². The monoisotopic (exact) mass is 359 g/mol. The highest BCUT2D eigenvalue weighted by Gasteiger charge is 2.32. The number of carbonyl (C=O) groups excluding carboxylic acids is 2. The summed E-state index contributed by atoms with van der Waals surface area (Å²) < 4.78 is 2.01. The third kappa shape index (κ3) is 4.19. The van der Waals surface area contributed by atoms with Gasteiger partial charge in [0.1, 0.15) is 5.82 Å². The summed E-state index contributed by atoms with van der Waals surface area (Å²) >= 11 is 1.30. The first-order chi connectivity index (χ1) is 12.1. The van der Waals surface area contributed by atoms with E-state index in [1.54, 1.807) is 13.8 Å². The number of hydrogen-bond acceptors (Lipinski definition) is 5. The van der Waals surface area contributed by atoms with Crippen LogP contribution in [0.3, 0.4) is 0 Å². The van der Waals surface area contributed by atoms with Crippen molar-refractivity contribution < 1.29 is 9.59 Å². The van der Waals surface area contributed by atoms with E-state index in [4.69, 9.17) is 0 Å². The van der Waals surface area contributed by atoms with E-state index in [9.17, 15) is 9.59 Å². The van der Waals surface area contributed by atoms with Crippen molar-refractivity contribution in [3.63, 3.8) is 0 Å². The molecule has 3 amide bonds. The number of nitrogens with one attached hydrogen (secondary N) is 2. The molecule has 2 N–H and O–H groups in total. The van der Waals surface area contributed by atoms with Gasteiger partial charge in [-0.25, -0.2) is 4.79 Å². The van der Waals surface area contributed by atoms with E-state index >= 15 is 0 Å². The molecule has 25 heavy (non-hydrogen) atoms. The van der Waals surface area contributed by atoms with Crippen molar-refractivity contribution in [2.75, 3.05) is 6.54 Å². The molecule has 3 rings (SSSR count). The lowest BCUT2D eigenvalue weighted by Crippen LogP contribution is -2.42. The van der Waals surface area contributed by atoms with Crippen LogP contribution in [0.2, 0.25) is 0 Å². The average molecular weight is 359 g/mol. The first kappa shape index (κ1) is 17.5. The van der Waals surface area contributed by atoms with Gasteiger partial charge in [-0.05, 0) is 38.8 Å². The summed E-state index contributed by atoms with van der Waals surface area (Å²) in [4.78, 5) is 23.7. The van der Waals surface area contributed by atoms with Crippen molar-refractivity contribution in [2.24, 2.45) is 0 Å². The fourth-order valence-corrected chi connectivity index (χ4v) is 3.29. The summed E-state index contributed by atoms with van der Waals surface area (Å²) in [6, 6.07) is 9.40. The zero-order valence-electron chi connectivity index (χ0n) is 14.2. The summed E-state index contributed by atoms with van der Waals surface area (Å²) in [5.41, 5.74) is 0.980. The van der Waals surface area contributed by atoms with E-state index < -0.39 is 11.3 Å². The number of carbonyl (C=O) groups is 2. The van der Waals surface area contributed by atoms with E-state index in [1.807, 2.05) is 34.9 Å². The Morgan fingerprint density at radius 1 is 1.28 bits per heavy atom. The van der Waals surface area contributed by atoms with Gasteiger partial charge in [-0.1, -0.05) is 30.0 Å². The Morgan fingerprint density at radius 3 is 2.64 bits per heavy atom. The molecule has 0 radical (unpaired) electrons. The van der Waals surface area contributed by atoms with Crippen LogP contribution in [-0.4, -0.2) is 38.5 Å². The molecule has 1 aromatic heterocycles. The second-order valence-electron chi connectivity index (χ2n) is 5.89. The van der Waals surface area contributed by atoms with Crippen molar-refractivity contribution in [1.29, 1.82) is 0 Å². The SMILES string of the molecule is CCNC(=O)NC(=O)[C@H](C)Sc1nnc(C2CC2)n1-c1ccccc1. The van der Waals surface area contributed by atoms with Gasteiger partial charge in [0.25, 0.3) is 0 Å². The number of hydrogen-bond donors (Lipinski definition) is 2. The molecule has 0 aliphatic heterocycles. The number of imide groups is 1. The van der Waals surface area contributed by atoms with Crippen LogP contribution in [0.5, 0.6) is 0 Å². The molecule has 2 aromatic rings. The molecular weight excluding hydrogens is 338 g/mol. The fraction of sp³-hybridized carbons (Fsp3) is 0.412. The van der Waals surface area contributed by atoms with Crippen LogP contribution >= 0.6 is 11.8 Å². The van der Waals surface area contributed by atoms with E-state index in [-0.39, 0.29) is 5.91 Å². The van der Waals surface area contributed by atoms with Crippen molar-refractivity contribution in [3.05, 3.63) is 36.2 Å². The first-order valence-electron chi connectivity index (χ1n) is 8.36. The van der Waals surface area contributed by atoms with Gasteiger partial charge in [-0.15, -0.1) is 10.2 Å². The van der Waals surface area contributed by atoms with Gasteiger partial charge in [0.05, 0.1) is 5.25 Å². The molecule has 0 spiro atoms. The number of amides is 3. The summed E-state index contributed by atoms with van der Waals surface area (Å²) in [6.45, 7) is 4.01. The zero-order chi connectivity index (χ0) is 17.8. The lowest BCUT2D eigenvalue weighted by molar-refractivity contribution is -0.119. The highest BCUT2D eigenvalue weighted by molar-refractivity contribution is 8.00. The van der Waals surface area contributed by atoms with Crippen LogP contribution in [0.1, 0.15) is 38.4 Å². The molecule has 1 saturated carbocycles. The predicted octanol–water partition coefficient (Wildman–Crippen LogP) is 2.47. The zero-order valence-corrected chi connectivity index (χ0v) is 15.0. The Labute approximate surface area is 150 Å². The smallest absolute Gasteiger partial charge is 0.321 e. The van der Waals surface area contributed by atoms with Gasteiger partial charge in [-0.2, -0.15) is 0 Å². The van der Waals surface area contributed by atoms with Crippen molar-refractivity contribution in [3.8, 4) is 5.69 Å². The maximum Gasteiger partial charge on any atom is 0.321 e. The second-order valence-corrected chi connectivity index (χ2v) is 7.20. The Bertz CT molecular complexity index is 758. The standard InChI is InChI=1S/C17H21N5O2S/c1-3-18-16(24)19-15(23)11(2)25-17-21-20-14(12-9-10-12)22(17)13-7-5-4-6-8-13/h4-8,11-12H,3,9-10H2,1-2H3,(H2,18,19,23,24)/t11-/m0/s1. The number of benzene rings is 1. The lowest BCUT2D eigenvalue weighted by atomic mass is 10.3. The van der Waals surface area contributed by atoms with Crippen LogP contribution < -0.4 is 10.6 Å².